The van der Waals surface area contributed by atoms with Crippen LogP contribution in [-0.2, 0) is 11.3 Å². The average Bonchev–Trinajstić information content (AvgIpc) is 2.74. The maximum Gasteiger partial charge on any atom is 0.251 e. The van der Waals surface area contributed by atoms with Gasteiger partial charge in [-0.25, -0.2) is 0 Å². The molecule has 1 heterocycles. The Morgan fingerprint density at radius 2 is 1.87 bits per heavy atom. The summed E-state index contributed by atoms with van der Waals surface area (Å²) in [6.07, 6.45) is 4.62. The number of carbonyl (C=O) groups excluding carboxylic acids is 1. The van der Waals surface area contributed by atoms with Crippen LogP contribution in [0.3, 0.4) is 0 Å². The lowest BCUT2D eigenvalue weighted by Gasteiger charge is -2.40. The normalized spacial score (nSPS) is 19.3. The Kier molecular flexibility index (Phi) is 12.4. The van der Waals surface area contributed by atoms with Crippen LogP contribution in [0.2, 0.25) is 0 Å². The van der Waals surface area contributed by atoms with E-state index in [4.69, 9.17) is 4.74 Å². The van der Waals surface area contributed by atoms with E-state index in [0.717, 1.165) is 50.5 Å². The number of aliphatic imine (C=N–C) groups is 1. The van der Waals surface area contributed by atoms with Crippen molar-refractivity contribution in [3.63, 3.8) is 0 Å². The summed E-state index contributed by atoms with van der Waals surface area (Å²) in [6.45, 7) is 11.9. The van der Waals surface area contributed by atoms with E-state index >= 15 is 0 Å². The van der Waals surface area contributed by atoms with Gasteiger partial charge >= 0.3 is 0 Å². The van der Waals surface area contributed by atoms with Gasteiger partial charge in [0, 0.05) is 44.8 Å². The van der Waals surface area contributed by atoms with E-state index in [9.17, 15) is 4.79 Å². The van der Waals surface area contributed by atoms with Crippen LogP contribution in [0.4, 0.5) is 0 Å². The van der Waals surface area contributed by atoms with Crippen molar-refractivity contribution in [1.82, 2.24) is 16.0 Å². The number of unbranched alkanes of at least 4 members (excludes halogenated alkanes) is 1. The van der Waals surface area contributed by atoms with Crippen molar-refractivity contribution in [2.24, 2.45) is 16.3 Å². The fourth-order valence-electron chi connectivity index (χ4n) is 3.90. The summed E-state index contributed by atoms with van der Waals surface area (Å²) in [5.41, 5.74) is 1.94. The number of hydrogen-bond acceptors (Lipinski definition) is 3. The van der Waals surface area contributed by atoms with Gasteiger partial charge in [-0.15, -0.1) is 24.0 Å². The van der Waals surface area contributed by atoms with Crippen LogP contribution in [0.5, 0.6) is 0 Å². The number of rotatable bonds is 8. The third-order valence-electron chi connectivity index (χ3n) is 5.55. The molecule has 2 unspecified atom stereocenters. The van der Waals surface area contributed by atoms with Gasteiger partial charge < -0.3 is 20.7 Å². The highest BCUT2D eigenvalue weighted by molar-refractivity contribution is 14.0. The zero-order chi connectivity index (χ0) is 22.0. The van der Waals surface area contributed by atoms with Crippen LogP contribution < -0.4 is 16.0 Å². The monoisotopic (exact) mass is 544 g/mol. The van der Waals surface area contributed by atoms with Crippen molar-refractivity contribution in [1.29, 1.82) is 0 Å². The molecule has 176 valence electrons. The number of amides is 1. The molecule has 0 radical (unpaired) electrons. The Bertz CT molecular complexity index is 686. The van der Waals surface area contributed by atoms with E-state index in [2.05, 4.69) is 48.6 Å². The molecule has 0 aromatic heterocycles. The maximum atomic E-state index is 12.1. The molecule has 1 amide bonds. The minimum Gasteiger partial charge on any atom is -0.377 e. The van der Waals surface area contributed by atoms with Crippen molar-refractivity contribution < 1.29 is 9.53 Å². The molecule has 1 fully saturated rings. The van der Waals surface area contributed by atoms with Crippen molar-refractivity contribution in [2.45, 2.75) is 66.0 Å². The molecule has 1 aromatic rings. The highest BCUT2D eigenvalue weighted by Crippen LogP contribution is 2.33. The number of nitrogens with zero attached hydrogens (tertiary/aromatic N) is 1. The van der Waals surface area contributed by atoms with Gasteiger partial charge in [0.05, 0.1) is 6.10 Å². The third-order valence-corrected chi connectivity index (χ3v) is 5.55. The number of hydrogen-bond donors (Lipinski definition) is 3. The second kappa shape index (κ2) is 13.9. The molecule has 3 N–H and O–H groups in total. The van der Waals surface area contributed by atoms with E-state index in [1.54, 1.807) is 7.05 Å². The summed E-state index contributed by atoms with van der Waals surface area (Å²) in [4.78, 5) is 16.5. The lowest BCUT2D eigenvalue weighted by atomic mass is 9.78. The number of guanidine groups is 1. The predicted octanol–water partition coefficient (Wildman–Crippen LogP) is 4.34. The first-order valence-electron chi connectivity index (χ1n) is 11.3. The summed E-state index contributed by atoms with van der Waals surface area (Å²) >= 11 is 0. The first-order chi connectivity index (χ1) is 14.3. The molecule has 0 spiro atoms. The lowest BCUT2D eigenvalue weighted by Crippen LogP contribution is -2.47. The van der Waals surface area contributed by atoms with Gasteiger partial charge in [0.1, 0.15) is 0 Å². The quantitative estimate of drug-likeness (QED) is 0.197. The van der Waals surface area contributed by atoms with Gasteiger partial charge in [0.15, 0.2) is 5.96 Å². The number of ether oxygens (including phenoxy) is 1. The van der Waals surface area contributed by atoms with Crippen molar-refractivity contribution >= 4 is 35.8 Å². The summed E-state index contributed by atoms with van der Waals surface area (Å²) < 4.78 is 6.08. The van der Waals surface area contributed by atoms with Gasteiger partial charge in [0.25, 0.3) is 5.91 Å². The second-order valence-electron chi connectivity index (χ2n) is 9.17. The number of nitrogens with one attached hydrogen (secondary N) is 3. The third kappa shape index (κ3) is 9.35. The lowest BCUT2D eigenvalue weighted by molar-refractivity contribution is -0.0835. The maximum absolute atomic E-state index is 12.1. The zero-order valence-corrected chi connectivity index (χ0v) is 22.1. The number of benzene rings is 1. The fraction of sp³-hybridized carbons (Fsp3) is 0.667. The van der Waals surface area contributed by atoms with Crippen LogP contribution in [0.1, 0.15) is 69.3 Å². The smallest absolute Gasteiger partial charge is 0.251 e. The van der Waals surface area contributed by atoms with Gasteiger partial charge in [0.2, 0.25) is 0 Å². The zero-order valence-electron chi connectivity index (χ0n) is 19.8. The van der Waals surface area contributed by atoms with Gasteiger partial charge in [-0.2, -0.15) is 0 Å². The van der Waals surface area contributed by atoms with E-state index in [-0.39, 0.29) is 41.4 Å². The first kappa shape index (κ1) is 27.7. The SMILES string of the molecule is CCCCNC(=O)c1ccc(CNC(=NC)NCC2CCCOC2C(C)(C)C)cc1.I. The molecule has 6 nitrogen and oxygen atoms in total. The van der Waals surface area contributed by atoms with Crippen molar-refractivity contribution in [3.05, 3.63) is 35.4 Å². The highest BCUT2D eigenvalue weighted by Gasteiger charge is 2.35. The van der Waals surface area contributed by atoms with E-state index in [0.29, 0.717) is 18.0 Å². The molecule has 0 bridgehead atoms. The molecular formula is C24H41IN4O2. The van der Waals surface area contributed by atoms with Crippen LogP contribution in [-0.4, -0.2) is 44.7 Å². The fourth-order valence-corrected chi connectivity index (χ4v) is 3.90. The molecule has 2 rings (SSSR count). The molecule has 0 aliphatic carbocycles. The summed E-state index contributed by atoms with van der Waals surface area (Å²) in [7, 11) is 1.79. The molecule has 0 saturated carbocycles. The molecule has 1 aromatic carbocycles. The highest BCUT2D eigenvalue weighted by atomic mass is 127. The van der Waals surface area contributed by atoms with Crippen LogP contribution in [0, 0.1) is 11.3 Å². The molecule has 7 heteroatoms. The number of carbonyl (C=O) groups is 1. The van der Waals surface area contributed by atoms with Crippen LogP contribution in [0.15, 0.2) is 29.3 Å². The summed E-state index contributed by atoms with van der Waals surface area (Å²) in [5, 5.41) is 9.78. The molecule has 31 heavy (non-hydrogen) atoms. The largest absolute Gasteiger partial charge is 0.377 e. The molecular weight excluding hydrogens is 503 g/mol. The topological polar surface area (TPSA) is 74.8 Å². The molecule has 1 aliphatic rings. The van der Waals surface area contributed by atoms with Crippen LogP contribution in [0.25, 0.3) is 0 Å². The minimum absolute atomic E-state index is 0. The van der Waals surface area contributed by atoms with E-state index in [1.807, 2.05) is 24.3 Å². The molecule has 1 aliphatic heterocycles. The van der Waals surface area contributed by atoms with Gasteiger partial charge in [-0.3, -0.25) is 9.79 Å². The Balaban J connectivity index is 0.00000480. The van der Waals surface area contributed by atoms with Crippen LogP contribution >= 0.6 is 24.0 Å². The van der Waals surface area contributed by atoms with Gasteiger partial charge in [-0.05, 0) is 42.4 Å². The Morgan fingerprint density at radius 3 is 2.48 bits per heavy atom. The van der Waals surface area contributed by atoms with E-state index in [1.165, 1.54) is 6.42 Å². The number of halogens is 1. The summed E-state index contributed by atoms with van der Waals surface area (Å²) in [6, 6.07) is 7.73. The van der Waals surface area contributed by atoms with Crippen molar-refractivity contribution in [3.8, 4) is 0 Å². The second-order valence-corrected chi connectivity index (χ2v) is 9.17. The van der Waals surface area contributed by atoms with E-state index < -0.39 is 0 Å². The molecule has 2 atom stereocenters. The predicted molar refractivity (Wildman–Crippen MR) is 139 cm³/mol. The van der Waals surface area contributed by atoms with Crippen molar-refractivity contribution in [2.75, 3.05) is 26.7 Å². The standard InChI is InChI=1S/C24H40N4O2.HI/c1-6-7-14-26-22(29)19-12-10-18(11-13-19)16-27-23(25-5)28-17-20-9-8-15-30-21(20)24(2,3)4;/h10-13,20-21H,6-9,14-17H2,1-5H3,(H,26,29)(H2,25,27,28);1H. The van der Waals surface area contributed by atoms with Gasteiger partial charge in [-0.1, -0.05) is 46.2 Å². The average molecular weight is 545 g/mol. The summed E-state index contributed by atoms with van der Waals surface area (Å²) in [5.74, 6) is 1.25. The molecule has 1 saturated heterocycles. The minimum atomic E-state index is -0.0106. The Labute approximate surface area is 205 Å². The first-order valence-corrected chi connectivity index (χ1v) is 11.3. The Morgan fingerprint density at radius 1 is 1.16 bits per heavy atom. The Hall–Kier alpha value is -1.35.